The molecule has 7 nitrogen and oxygen atoms in total. The molecule has 7 heteroatoms. The van der Waals surface area contributed by atoms with Crippen molar-refractivity contribution >= 4 is 17.7 Å². The van der Waals surface area contributed by atoms with E-state index in [-0.39, 0.29) is 24.1 Å². The average Bonchev–Trinajstić information content (AvgIpc) is 2.99. The Bertz CT molecular complexity index is 884. The van der Waals surface area contributed by atoms with Crippen LogP contribution in [-0.2, 0) is 22.6 Å². The topological polar surface area (TPSA) is 81.8 Å². The van der Waals surface area contributed by atoms with Crippen LogP contribution in [0.1, 0.15) is 44.1 Å². The minimum absolute atomic E-state index is 0.0712. The molecule has 1 heterocycles. The monoisotopic (exact) mass is 400 g/mol. The summed E-state index contributed by atoms with van der Waals surface area (Å²) >= 11 is 0. The number of amides is 1. The third-order valence-electron chi connectivity index (χ3n) is 5.05. The van der Waals surface area contributed by atoms with Gasteiger partial charge in [0.05, 0.1) is 20.6 Å². The van der Waals surface area contributed by atoms with Crippen molar-refractivity contribution in [2.75, 3.05) is 27.7 Å². The van der Waals surface area contributed by atoms with Crippen LogP contribution in [0, 0.1) is 13.8 Å². The maximum Gasteiger partial charge on any atom is 0.307 e. The number of nitrogens with one attached hydrogen (secondary N) is 2. The molecule has 29 heavy (non-hydrogen) atoms. The quantitative estimate of drug-likeness (QED) is 0.485. The summed E-state index contributed by atoms with van der Waals surface area (Å²) in [6, 6.07) is 9.30. The second kappa shape index (κ2) is 10.0. The highest BCUT2D eigenvalue weighted by atomic mass is 16.5. The van der Waals surface area contributed by atoms with E-state index in [4.69, 9.17) is 4.74 Å². The van der Waals surface area contributed by atoms with Gasteiger partial charge in [-0.1, -0.05) is 12.1 Å². The third-order valence-corrected chi connectivity index (χ3v) is 5.05. The summed E-state index contributed by atoms with van der Waals surface area (Å²) in [5.74, 6) is -0.311. The number of hydrogen-bond acceptors (Lipinski definition) is 4. The SMILES string of the molecule is CNC(=O)c1ccc(C[NH+](C)CC(=O)c2cc(C)n(CCC(=O)OC)c2C)cc1. The van der Waals surface area contributed by atoms with Crippen molar-refractivity contribution < 1.29 is 24.0 Å². The minimum Gasteiger partial charge on any atom is -0.469 e. The van der Waals surface area contributed by atoms with Crippen molar-refractivity contribution in [1.82, 2.24) is 9.88 Å². The molecule has 1 amide bonds. The highest BCUT2D eigenvalue weighted by Crippen LogP contribution is 2.16. The Morgan fingerprint density at radius 2 is 1.79 bits per heavy atom. The van der Waals surface area contributed by atoms with Crippen LogP contribution >= 0.6 is 0 Å². The largest absolute Gasteiger partial charge is 0.469 e. The fourth-order valence-electron chi connectivity index (χ4n) is 3.43. The van der Waals surface area contributed by atoms with E-state index in [2.05, 4.69) is 5.32 Å². The summed E-state index contributed by atoms with van der Waals surface area (Å²) in [5, 5.41) is 2.60. The number of ether oxygens (including phenoxy) is 1. The van der Waals surface area contributed by atoms with E-state index in [0.717, 1.165) is 21.9 Å². The second-order valence-electron chi connectivity index (χ2n) is 7.27. The number of carbonyl (C=O) groups excluding carboxylic acids is 3. The molecule has 156 valence electrons. The number of likely N-dealkylation sites (N-methyl/N-ethyl adjacent to an activating group) is 1. The number of esters is 1. The molecule has 2 rings (SSSR count). The van der Waals surface area contributed by atoms with Crippen LogP contribution in [0.25, 0.3) is 0 Å². The van der Waals surface area contributed by atoms with Crippen LogP contribution in [0.5, 0.6) is 0 Å². The summed E-state index contributed by atoms with van der Waals surface area (Å²) in [6.45, 7) is 5.38. The molecule has 0 saturated carbocycles. The molecule has 2 aromatic rings. The second-order valence-corrected chi connectivity index (χ2v) is 7.27. The van der Waals surface area contributed by atoms with E-state index in [1.54, 1.807) is 19.2 Å². The number of benzene rings is 1. The molecule has 2 N–H and O–H groups in total. The molecule has 1 aromatic heterocycles. The Kier molecular flexibility index (Phi) is 7.73. The summed E-state index contributed by atoms with van der Waals surface area (Å²) < 4.78 is 6.68. The van der Waals surface area contributed by atoms with Crippen LogP contribution in [0.15, 0.2) is 30.3 Å². The van der Waals surface area contributed by atoms with Gasteiger partial charge in [0.1, 0.15) is 13.1 Å². The first-order valence-corrected chi connectivity index (χ1v) is 9.65. The number of ketones is 1. The Hall–Kier alpha value is -2.93. The number of hydrogen-bond donors (Lipinski definition) is 2. The molecule has 0 fully saturated rings. The fraction of sp³-hybridized carbons (Fsp3) is 0.409. The molecule has 1 atom stereocenters. The highest BCUT2D eigenvalue weighted by Gasteiger charge is 2.19. The number of rotatable bonds is 9. The Balaban J connectivity index is 2.00. The van der Waals surface area contributed by atoms with Crippen LogP contribution < -0.4 is 10.2 Å². The molecular weight excluding hydrogens is 370 g/mol. The van der Waals surface area contributed by atoms with Gasteiger partial charge in [-0.25, -0.2) is 0 Å². The van der Waals surface area contributed by atoms with Crippen molar-refractivity contribution in [3.8, 4) is 0 Å². The minimum atomic E-state index is -0.267. The lowest BCUT2D eigenvalue weighted by Gasteiger charge is -2.14. The number of Topliss-reactive ketones (excluding diaryl/α,β-unsaturated/α-hetero) is 1. The average molecular weight is 400 g/mol. The molecule has 0 radical (unpaired) electrons. The van der Waals surface area contributed by atoms with Gasteiger partial charge < -0.3 is 19.5 Å². The number of quaternary nitrogens is 1. The van der Waals surface area contributed by atoms with Crippen molar-refractivity contribution in [3.05, 3.63) is 58.4 Å². The summed E-state index contributed by atoms with van der Waals surface area (Å²) in [4.78, 5) is 36.9. The van der Waals surface area contributed by atoms with E-state index < -0.39 is 0 Å². The van der Waals surface area contributed by atoms with Gasteiger partial charge in [-0.3, -0.25) is 14.4 Å². The molecule has 0 spiro atoms. The number of aromatic nitrogens is 1. The first kappa shape index (κ1) is 22.4. The summed E-state index contributed by atoms with van der Waals surface area (Å²) in [5.41, 5.74) is 4.20. The van der Waals surface area contributed by atoms with Crippen LogP contribution in [0.3, 0.4) is 0 Å². The van der Waals surface area contributed by atoms with E-state index >= 15 is 0 Å². The molecule has 1 aromatic carbocycles. The number of carbonyl (C=O) groups is 3. The molecule has 0 aliphatic heterocycles. The maximum atomic E-state index is 12.8. The highest BCUT2D eigenvalue weighted by molar-refractivity contribution is 5.98. The maximum absolute atomic E-state index is 12.8. The van der Waals surface area contributed by atoms with E-state index in [1.165, 1.54) is 7.11 Å². The van der Waals surface area contributed by atoms with Gasteiger partial charge in [0.15, 0.2) is 0 Å². The summed E-state index contributed by atoms with van der Waals surface area (Å²) in [7, 11) is 4.95. The molecule has 0 aliphatic carbocycles. The molecule has 0 saturated heterocycles. The number of nitrogens with zero attached hydrogens (tertiary/aromatic N) is 1. The van der Waals surface area contributed by atoms with Crippen molar-refractivity contribution in [2.45, 2.75) is 33.4 Å². The van der Waals surface area contributed by atoms with Gasteiger partial charge in [0.25, 0.3) is 5.91 Å². The fourth-order valence-corrected chi connectivity index (χ4v) is 3.43. The summed E-state index contributed by atoms with van der Waals surface area (Å²) in [6.07, 6.45) is 0.275. The van der Waals surface area contributed by atoms with Gasteiger partial charge in [0.2, 0.25) is 5.78 Å². The van der Waals surface area contributed by atoms with Crippen LogP contribution in [0.4, 0.5) is 0 Å². The van der Waals surface area contributed by atoms with Crippen molar-refractivity contribution in [1.29, 1.82) is 0 Å². The predicted octanol–water partition coefficient (Wildman–Crippen LogP) is 0.925. The van der Waals surface area contributed by atoms with E-state index in [9.17, 15) is 14.4 Å². The lowest BCUT2D eigenvalue weighted by Crippen LogP contribution is -3.08. The van der Waals surface area contributed by atoms with Crippen LogP contribution in [0.2, 0.25) is 0 Å². The van der Waals surface area contributed by atoms with Gasteiger partial charge in [-0.15, -0.1) is 0 Å². The van der Waals surface area contributed by atoms with Gasteiger partial charge >= 0.3 is 5.97 Å². The smallest absolute Gasteiger partial charge is 0.307 e. The molecule has 0 aliphatic rings. The van der Waals surface area contributed by atoms with Crippen molar-refractivity contribution in [2.24, 2.45) is 0 Å². The Labute approximate surface area is 171 Å². The number of aryl methyl sites for hydroxylation is 1. The zero-order chi connectivity index (χ0) is 21.6. The molecular formula is C22H30N3O4+. The molecule has 1 unspecified atom stereocenters. The Morgan fingerprint density at radius 1 is 1.14 bits per heavy atom. The Morgan fingerprint density at radius 3 is 2.38 bits per heavy atom. The first-order chi connectivity index (χ1) is 13.8. The lowest BCUT2D eigenvalue weighted by molar-refractivity contribution is -0.884. The van der Waals surface area contributed by atoms with Crippen molar-refractivity contribution in [3.63, 3.8) is 0 Å². The lowest BCUT2D eigenvalue weighted by atomic mass is 10.1. The predicted molar refractivity (Wildman–Crippen MR) is 110 cm³/mol. The zero-order valence-corrected chi connectivity index (χ0v) is 17.8. The molecule has 0 bridgehead atoms. The normalized spacial score (nSPS) is 11.8. The van der Waals surface area contributed by atoms with Gasteiger partial charge in [0, 0.05) is 41.7 Å². The van der Waals surface area contributed by atoms with Crippen LogP contribution in [-0.4, -0.2) is 50.0 Å². The third kappa shape index (κ3) is 5.77. The standard InChI is InChI=1S/C22H29N3O4/c1-15-12-19(16(2)25(15)11-10-21(27)29-5)20(26)14-24(4)13-17-6-8-18(9-7-17)22(28)23-3/h6-9,12H,10-11,13-14H2,1-5H3,(H,23,28)/p+1. The first-order valence-electron chi connectivity index (χ1n) is 9.65. The van der Waals surface area contributed by atoms with E-state index in [1.807, 2.05) is 43.7 Å². The van der Waals surface area contributed by atoms with Gasteiger partial charge in [-0.2, -0.15) is 0 Å². The number of methoxy groups -OCH3 is 1. The van der Waals surface area contributed by atoms with E-state index in [0.29, 0.717) is 30.8 Å². The van der Waals surface area contributed by atoms with Gasteiger partial charge in [-0.05, 0) is 32.0 Å². The zero-order valence-electron chi connectivity index (χ0n) is 17.8.